The zero-order valence-electron chi connectivity index (χ0n) is 15.2. The number of amides is 1. The van der Waals surface area contributed by atoms with E-state index in [0.29, 0.717) is 30.0 Å². The number of nitro groups is 1. The summed E-state index contributed by atoms with van der Waals surface area (Å²) in [5.74, 6) is -0.200. The smallest absolute Gasteiger partial charge is 0.271 e. The Hall–Kier alpha value is -3.14. The van der Waals surface area contributed by atoms with Crippen LogP contribution in [0.3, 0.4) is 0 Å². The Bertz CT molecular complexity index is 991. The molecule has 10 heteroatoms. The molecule has 148 valence electrons. The minimum Gasteiger partial charge on any atom is -0.374 e. The molecule has 0 saturated carbocycles. The van der Waals surface area contributed by atoms with Crippen molar-refractivity contribution in [1.29, 1.82) is 0 Å². The van der Waals surface area contributed by atoms with Crippen molar-refractivity contribution in [1.82, 2.24) is 0 Å². The molecule has 0 spiro atoms. The number of rotatable bonds is 6. The lowest BCUT2D eigenvalue weighted by molar-refractivity contribution is -0.384. The number of hydrogen-bond donors (Lipinski definition) is 2. The Balaban J connectivity index is 1.62. The third kappa shape index (κ3) is 4.39. The molecule has 1 fully saturated rings. The van der Waals surface area contributed by atoms with Crippen LogP contribution in [0.4, 0.5) is 22.7 Å². The summed E-state index contributed by atoms with van der Waals surface area (Å²) >= 11 is 0. The van der Waals surface area contributed by atoms with Crippen molar-refractivity contribution >= 4 is 38.7 Å². The van der Waals surface area contributed by atoms with E-state index >= 15 is 0 Å². The third-order valence-electron chi connectivity index (χ3n) is 4.36. The topological polar surface area (TPSA) is 122 Å². The van der Waals surface area contributed by atoms with Gasteiger partial charge >= 0.3 is 0 Å². The summed E-state index contributed by atoms with van der Waals surface area (Å²) in [6.45, 7) is 2.13. The number of nitrogens with zero attached hydrogens (tertiary/aromatic N) is 2. The van der Waals surface area contributed by atoms with E-state index in [0.717, 1.165) is 0 Å². The molecule has 1 aliphatic heterocycles. The Kier molecular flexibility index (Phi) is 5.50. The van der Waals surface area contributed by atoms with E-state index in [2.05, 4.69) is 10.6 Å². The van der Waals surface area contributed by atoms with Crippen molar-refractivity contribution in [3.8, 4) is 0 Å². The average molecular weight is 404 g/mol. The maximum absolute atomic E-state index is 12.3. The monoisotopic (exact) mass is 404 g/mol. The summed E-state index contributed by atoms with van der Waals surface area (Å²) in [4.78, 5) is 22.6. The fourth-order valence-electron chi connectivity index (χ4n) is 2.92. The lowest BCUT2D eigenvalue weighted by atomic mass is 10.2. The van der Waals surface area contributed by atoms with Crippen molar-refractivity contribution in [3.63, 3.8) is 0 Å². The fraction of sp³-hybridized carbons (Fsp3) is 0.278. The van der Waals surface area contributed by atoms with Gasteiger partial charge in [-0.15, -0.1) is 0 Å². The molecule has 2 aromatic carbocycles. The van der Waals surface area contributed by atoms with Gasteiger partial charge in [-0.05, 0) is 43.7 Å². The van der Waals surface area contributed by atoms with Gasteiger partial charge in [0.05, 0.1) is 16.4 Å². The maximum atomic E-state index is 12.3. The predicted molar refractivity (Wildman–Crippen MR) is 107 cm³/mol. The number of hydrogen-bond acceptors (Lipinski definition) is 6. The van der Waals surface area contributed by atoms with Gasteiger partial charge in [-0.3, -0.25) is 19.2 Å². The van der Waals surface area contributed by atoms with Gasteiger partial charge in [0.25, 0.3) is 5.69 Å². The zero-order valence-corrected chi connectivity index (χ0v) is 16.0. The largest absolute Gasteiger partial charge is 0.374 e. The molecule has 28 heavy (non-hydrogen) atoms. The quantitative estimate of drug-likeness (QED) is 0.564. The van der Waals surface area contributed by atoms with Gasteiger partial charge in [-0.2, -0.15) is 0 Å². The minimum absolute atomic E-state index is 0.106. The molecule has 0 unspecified atom stereocenters. The van der Waals surface area contributed by atoms with E-state index in [1.165, 1.54) is 22.5 Å². The van der Waals surface area contributed by atoms with Crippen molar-refractivity contribution in [3.05, 3.63) is 58.6 Å². The van der Waals surface area contributed by atoms with Gasteiger partial charge in [0, 0.05) is 30.1 Å². The lowest BCUT2D eigenvalue weighted by Gasteiger charge is -2.19. The highest BCUT2D eigenvalue weighted by atomic mass is 32.2. The first-order chi connectivity index (χ1) is 13.3. The first-order valence-corrected chi connectivity index (χ1v) is 10.3. The molecular formula is C18H20N4O5S. The Labute approximate surface area is 162 Å². The molecule has 0 aromatic heterocycles. The minimum atomic E-state index is -3.23. The molecule has 1 amide bonds. The molecule has 0 radical (unpaired) electrons. The zero-order chi connectivity index (χ0) is 20.3. The Morgan fingerprint density at radius 1 is 1.18 bits per heavy atom. The second-order valence-electron chi connectivity index (χ2n) is 6.45. The summed E-state index contributed by atoms with van der Waals surface area (Å²) in [5.41, 5.74) is 1.48. The van der Waals surface area contributed by atoms with Crippen LogP contribution in [0.2, 0.25) is 0 Å². The first kappa shape index (κ1) is 19.6. The van der Waals surface area contributed by atoms with E-state index < -0.39 is 21.0 Å². The van der Waals surface area contributed by atoms with Crippen LogP contribution in [-0.4, -0.2) is 37.6 Å². The third-order valence-corrected chi connectivity index (χ3v) is 6.23. The molecule has 0 aliphatic carbocycles. The number of nitrogens with one attached hydrogen (secondary N) is 2. The summed E-state index contributed by atoms with van der Waals surface area (Å²) < 4.78 is 25.3. The van der Waals surface area contributed by atoms with Crippen molar-refractivity contribution in [2.45, 2.75) is 19.4 Å². The Morgan fingerprint density at radius 3 is 2.50 bits per heavy atom. The molecule has 2 N–H and O–H groups in total. The van der Waals surface area contributed by atoms with Gasteiger partial charge in [-0.25, -0.2) is 8.42 Å². The van der Waals surface area contributed by atoms with Crippen LogP contribution in [0, 0.1) is 10.1 Å². The van der Waals surface area contributed by atoms with Gasteiger partial charge in [0.15, 0.2) is 0 Å². The number of sulfonamides is 1. The Morgan fingerprint density at radius 2 is 1.89 bits per heavy atom. The van der Waals surface area contributed by atoms with E-state index in [1.807, 2.05) is 0 Å². The van der Waals surface area contributed by atoms with Gasteiger partial charge in [0.2, 0.25) is 15.9 Å². The highest BCUT2D eigenvalue weighted by Crippen LogP contribution is 2.25. The van der Waals surface area contributed by atoms with Crippen LogP contribution in [0.5, 0.6) is 0 Å². The lowest BCUT2D eigenvalue weighted by Crippen LogP contribution is -2.31. The molecule has 2 aromatic rings. The predicted octanol–water partition coefficient (Wildman–Crippen LogP) is 2.57. The van der Waals surface area contributed by atoms with Crippen LogP contribution in [-0.2, 0) is 14.8 Å². The molecule has 3 rings (SSSR count). The molecule has 1 atom stereocenters. The molecule has 9 nitrogen and oxygen atoms in total. The maximum Gasteiger partial charge on any atom is 0.271 e. The molecular weight excluding hydrogens is 384 g/mol. The average Bonchev–Trinajstić information content (AvgIpc) is 3.01. The number of anilines is 3. The van der Waals surface area contributed by atoms with Crippen LogP contribution in [0.25, 0.3) is 0 Å². The number of benzene rings is 2. The molecule has 1 heterocycles. The summed E-state index contributed by atoms with van der Waals surface area (Å²) in [5, 5.41) is 16.5. The van der Waals surface area contributed by atoms with Gasteiger partial charge < -0.3 is 10.6 Å². The van der Waals surface area contributed by atoms with Crippen molar-refractivity contribution in [2.75, 3.05) is 27.2 Å². The summed E-state index contributed by atoms with van der Waals surface area (Å²) in [6, 6.07) is 11.9. The van der Waals surface area contributed by atoms with Crippen molar-refractivity contribution < 1.29 is 18.1 Å². The van der Waals surface area contributed by atoms with Crippen LogP contribution in [0.15, 0.2) is 48.5 Å². The van der Waals surface area contributed by atoms with Crippen LogP contribution in [0.1, 0.15) is 13.3 Å². The molecule has 1 saturated heterocycles. The number of carbonyl (C=O) groups excluding carboxylic acids is 1. The summed E-state index contributed by atoms with van der Waals surface area (Å²) in [6.07, 6.45) is 0.608. The second kappa shape index (κ2) is 7.85. The van der Waals surface area contributed by atoms with Crippen molar-refractivity contribution in [2.24, 2.45) is 0 Å². The second-order valence-corrected chi connectivity index (χ2v) is 8.46. The van der Waals surface area contributed by atoms with E-state index in [-0.39, 0.29) is 17.3 Å². The number of nitro benzene ring substituents is 1. The van der Waals surface area contributed by atoms with E-state index in [4.69, 9.17) is 0 Å². The molecule has 0 bridgehead atoms. The highest BCUT2D eigenvalue weighted by Gasteiger charge is 2.28. The van der Waals surface area contributed by atoms with E-state index in [1.54, 1.807) is 37.3 Å². The van der Waals surface area contributed by atoms with Gasteiger partial charge in [-0.1, -0.05) is 6.07 Å². The van der Waals surface area contributed by atoms with Crippen LogP contribution < -0.4 is 14.9 Å². The van der Waals surface area contributed by atoms with Crippen LogP contribution >= 0.6 is 0 Å². The standard InChI is InChI=1S/C18H20N4O5S/c1-13(18(23)20-15-4-2-5-17(12-15)22(24)25)19-14-6-8-16(9-7-14)21-10-3-11-28(21,26)27/h2,4-9,12-13,19H,3,10-11H2,1H3,(H,20,23)/t13-/m0/s1. The summed E-state index contributed by atoms with van der Waals surface area (Å²) in [7, 11) is -3.23. The number of carbonyl (C=O) groups is 1. The highest BCUT2D eigenvalue weighted by molar-refractivity contribution is 7.93. The number of non-ortho nitro benzene ring substituents is 1. The van der Waals surface area contributed by atoms with E-state index in [9.17, 15) is 23.3 Å². The SMILES string of the molecule is C[C@H](Nc1ccc(N2CCCS2(=O)=O)cc1)C(=O)Nc1cccc([N+](=O)[O-])c1. The molecule has 1 aliphatic rings. The first-order valence-electron chi connectivity index (χ1n) is 8.68. The van der Waals surface area contributed by atoms with Gasteiger partial charge in [0.1, 0.15) is 6.04 Å². The normalized spacial score (nSPS) is 16.4. The fourth-order valence-corrected chi connectivity index (χ4v) is 4.48.